The highest BCUT2D eigenvalue weighted by Gasteiger charge is 2.60. The zero-order chi connectivity index (χ0) is 22.3. The minimum absolute atomic E-state index is 0.151. The number of aryl methyl sites for hydroxylation is 1. The van der Waals surface area contributed by atoms with Crippen LogP contribution >= 0.6 is 0 Å². The zero-order valence-corrected chi connectivity index (χ0v) is 18.1. The van der Waals surface area contributed by atoms with Crippen LogP contribution in [0.2, 0.25) is 0 Å². The smallest absolute Gasteiger partial charge is 0.357 e. The molecule has 164 valence electrons. The van der Waals surface area contributed by atoms with Gasteiger partial charge in [-0.3, -0.25) is 4.79 Å². The Hall–Kier alpha value is -3.27. The standard InChI is InChI=1S/C25H26N4O3/c1-16-4-2-6-20(27-16)22(30)29-24-11-17-10-18(12-24)14-25(13-17,15-24)32-23(31)21-7-3-5-19(28-21)8-9-26/h2-7,17-18H,8,10-15H2,1H3,(H,29,30). The SMILES string of the molecule is Cc1cccc(C(=O)NC23CC4CC(C2)CC(OC(=O)c2cccc(CC#N)n2)(C4)C3)n1. The van der Waals surface area contributed by atoms with Gasteiger partial charge >= 0.3 is 5.97 Å². The van der Waals surface area contributed by atoms with Crippen LogP contribution in [-0.4, -0.2) is 33.0 Å². The first-order chi connectivity index (χ1) is 15.4. The lowest BCUT2D eigenvalue weighted by molar-refractivity contribution is -0.144. The van der Waals surface area contributed by atoms with Gasteiger partial charge in [-0.25, -0.2) is 14.8 Å². The summed E-state index contributed by atoms with van der Waals surface area (Å²) in [5.41, 5.74) is 1.06. The maximum Gasteiger partial charge on any atom is 0.357 e. The number of nitrogens with one attached hydrogen (secondary N) is 1. The number of hydrogen-bond acceptors (Lipinski definition) is 6. The summed E-state index contributed by atoms with van der Waals surface area (Å²) in [6, 6.07) is 12.6. The molecule has 4 bridgehead atoms. The van der Waals surface area contributed by atoms with Crippen LogP contribution < -0.4 is 5.32 Å². The van der Waals surface area contributed by atoms with Crippen LogP contribution in [0.25, 0.3) is 0 Å². The average molecular weight is 431 g/mol. The second-order valence-electron chi connectivity index (χ2n) is 9.78. The van der Waals surface area contributed by atoms with E-state index in [1.807, 2.05) is 19.1 Å². The van der Waals surface area contributed by atoms with Crippen molar-refractivity contribution in [3.05, 3.63) is 59.2 Å². The van der Waals surface area contributed by atoms with E-state index in [0.29, 0.717) is 29.6 Å². The summed E-state index contributed by atoms with van der Waals surface area (Å²) in [5, 5.41) is 12.2. The van der Waals surface area contributed by atoms with Crippen molar-refractivity contribution in [2.45, 2.75) is 63.0 Å². The van der Waals surface area contributed by atoms with E-state index in [1.165, 1.54) is 0 Å². The molecular weight excluding hydrogens is 404 g/mol. The van der Waals surface area contributed by atoms with E-state index in [4.69, 9.17) is 10.00 Å². The Morgan fingerprint density at radius 3 is 2.53 bits per heavy atom. The molecule has 1 amide bonds. The Morgan fingerprint density at radius 1 is 1.09 bits per heavy atom. The maximum absolute atomic E-state index is 13.0. The molecule has 1 N–H and O–H groups in total. The Balaban J connectivity index is 1.36. The molecule has 0 spiro atoms. The maximum atomic E-state index is 13.0. The molecule has 2 unspecified atom stereocenters. The van der Waals surface area contributed by atoms with E-state index >= 15 is 0 Å². The summed E-state index contributed by atoms with van der Waals surface area (Å²) < 4.78 is 6.15. The lowest BCUT2D eigenvalue weighted by atomic mass is 9.51. The molecular formula is C25H26N4O3. The van der Waals surface area contributed by atoms with Gasteiger partial charge in [-0.2, -0.15) is 5.26 Å². The van der Waals surface area contributed by atoms with Gasteiger partial charge in [0, 0.05) is 17.7 Å². The lowest BCUT2D eigenvalue weighted by Gasteiger charge is -2.61. The predicted octanol–water partition coefficient (Wildman–Crippen LogP) is 3.53. The highest BCUT2D eigenvalue weighted by atomic mass is 16.6. The lowest BCUT2D eigenvalue weighted by Crippen LogP contribution is -2.66. The third-order valence-corrected chi connectivity index (χ3v) is 7.09. The van der Waals surface area contributed by atoms with Gasteiger partial charge in [-0.1, -0.05) is 12.1 Å². The second kappa shape index (κ2) is 7.70. The summed E-state index contributed by atoms with van der Waals surface area (Å²) in [4.78, 5) is 34.7. The molecule has 2 aromatic heterocycles. The number of esters is 1. The van der Waals surface area contributed by atoms with Crippen LogP contribution in [0.15, 0.2) is 36.4 Å². The van der Waals surface area contributed by atoms with Crippen LogP contribution in [0, 0.1) is 30.1 Å². The van der Waals surface area contributed by atoms with Crippen LogP contribution in [0.3, 0.4) is 0 Å². The van der Waals surface area contributed by atoms with E-state index in [9.17, 15) is 9.59 Å². The quantitative estimate of drug-likeness (QED) is 0.728. The van der Waals surface area contributed by atoms with Crippen molar-refractivity contribution in [1.29, 1.82) is 5.26 Å². The molecule has 2 heterocycles. The predicted molar refractivity (Wildman–Crippen MR) is 116 cm³/mol. The van der Waals surface area contributed by atoms with Gasteiger partial charge in [0.1, 0.15) is 17.0 Å². The van der Waals surface area contributed by atoms with Gasteiger partial charge in [0.05, 0.1) is 18.2 Å². The van der Waals surface area contributed by atoms with E-state index in [0.717, 1.165) is 37.8 Å². The Morgan fingerprint density at radius 2 is 1.81 bits per heavy atom. The molecule has 2 atom stereocenters. The first-order valence-electron chi connectivity index (χ1n) is 11.2. The van der Waals surface area contributed by atoms with E-state index in [2.05, 4.69) is 21.4 Å². The number of aromatic nitrogens is 2. The highest BCUT2D eigenvalue weighted by Crippen LogP contribution is 2.59. The molecule has 4 aliphatic carbocycles. The topological polar surface area (TPSA) is 105 Å². The number of amides is 1. The molecule has 7 nitrogen and oxygen atoms in total. The number of hydrogen-bond donors (Lipinski definition) is 1. The Labute approximate surface area is 187 Å². The normalized spacial score (nSPS) is 29.9. The largest absolute Gasteiger partial charge is 0.454 e. The van der Waals surface area contributed by atoms with Crippen molar-refractivity contribution in [3.63, 3.8) is 0 Å². The van der Waals surface area contributed by atoms with Gasteiger partial charge in [-0.15, -0.1) is 0 Å². The fourth-order valence-corrected chi connectivity index (χ4v) is 6.44. The summed E-state index contributed by atoms with van der Waals surface area (Å²) in [5.74, 6) is 0.233. The van der Waals surface area contributed by atoms with Crippen molar-refractivity contribution in [3.8, 4) is 6.07 Å². The molecule has 2 aromatic rings. The molecule has 4 saturated carbocycles. The first kappa shape index (κ1) is 20.6. The number of rotatable bonds is 5. The van der Waals surface area contributed by atoms with Gasteiger partial charge in [-0.05, 0) is 75.1 Å². The Kier molecular flexibility index (Phi) is 4.96. The van der Waals surface area contributed by atoms with Crippen molar-refractivity contribution in [1.82, 2.24) is 15.3 Å². The van der Waals surface area contributed by atoms with E-state index in [1.54, 1.807) is 24.3 Å². The molecule has 0 aliphatic heterocycles. The molecule has 7 heteroatoms. The monoisotopic (exact) mass is 430 g/mol. The zero-order valence-electron chi connectivity index (χ0n) is 18.1. The number of ether oxygens (including phenoxy) is 1. The molecule has 4 aliphatic rings. The van der Waals surface area contributed by atoms with Crippen LogP contribution in [0.1, 0.15) is 70.9 Å². The third-order valence-electron chi connectivity index (χ3n) is 7.09. The van der Waals surface area contributed by atoms with Gasteiger partial charge in [0.15, 0.2) is 0 Å². The molecule has 4 fully saturated rings. The van der Waals surface area contributed by atoms with Gasteiger partial charge in [0.2, 0.25) is 0 Å². The van der Waals surface area contributed by atoms with Gasteiger partial charge in [0.25, 0.3) is 5.91 Å². The van der Waals surface area contributed by atoms with Crippen LogP contribution in [0.4, 0.5) is 0 Å². The molecule has 6 rings (SSSR count). The van der Waals surface area contributed by atoms with Crippen molar-refractivity contribution in [2.75, 3.05) is 0 Å². The third kappa shape index (κ3) is 3.86. The number of carbonyl (C=O) groups is 2. The Bertz CT molecular complexity index is 1110. The summed E-state index contributed by atoms with van der Waals surface area (Å²) in [7, 11) is 0. The first-order valence-corrected chi connectivity index (χ1v) is 11.2. The number of nitriles is 1. The molecule has 0 radical (unpaired) electrons. The average Bonchev–Trinajstić information content (AvgIpc) is 2.72. The second-order valence-corrected chi connectivity index (χ2v) is 9.78. The highest BCUT2D eigenvalue weighted by molar-refractivity contribution is 5.93. The summed E-state index contributed by atoms with van der Waals surface area (Å²) in [6.45, 7) is 1.87. The number of nitrogens with zero attached hydrogens (tertiary/aromatic N) is 3. The molecule has 0 saturated heterocycles. The minimum atomic E-state index is -0.582. The van der Waals surface area contributed by atoms with Crippen molar-refractivity contribution in [2.24, 2.45) is 11.8 Å². The van der Waals surface area contributed by atoms with Crippen LogP contribution in [-0.2, 0) is 11.2 Å². The fraction of sp³-hybridized carbons (Fsp3) is 0.480. The summed E-state index contributed by atoms with van der Waals surface area (Å²) in [6.07, 6.45) is 5.37. The van der Waals surface area contributed by atoms with Crippen LogP contribution in [0.5, 0.6) is 0 Å². The fourth-order valence-electron chi connectivity index (χ4n) is 6.44. The van der Waals surface area contributed by atoms with E-state index in [-0.39, 0.29) is 23.6 Å². The molecule has 32 heavy (non-hydrogen) atoms. The number of pyridine rings is 2. The van der Waals surface area contributed by atoms with Crippen molar-refractivity contribution >= 4 is 11.9 Å². The number of carbonyl (C=O) groups excluding carboxylic acids is 2. The minimum Gasteiger partial charge on any atom is -0.454 e. The van der Waals surface area contributed by atoms with Crippen molar-refractivity contribution < 1.29 is 14.3 Å². The van der Waals surface area contributed by atoms with E-state index < -0.39 is 11.6 Å². The van der Waals surface area contributed by atoms with Gasteiger partial charge < -0.3 is 10.1 Å². The summed E-state index contributed by atoms with van der Waals surface area (Å²) >= 11 is 0. The molecule has 0 aromatic carbocycles.